The van der Waals surface area contributed by atoms with E-state index in [9.17, 15) is 4.79 Å². The van der Waals surface area contributed by atoms with Crippen LogP contribution in [-0.4, -0.2) is 55.0 Å². The van der Waals surface area contributed by atoms with Crippen LogP contribution in [0.15, 0.2) is 53.7 Å². The van der Waals surface area contributed by atoms with Gasteiger partial charge in [0.2, 0.25) is 5.91 Å². The van der Waals surface area contributed by atoms with Gasteiger partial charge in [0.25, 0.3) is 0 Å². The van der Waals surface area contributed by atoms with Crippen LogP contribution in [0.3, 0.4) is 0 Å². The van der Waals surface area contributed by atoms with Crippen LogP contribution in [0.5, 0.6) is 0 Å². The Labute approximate surface area is 180 Å². The van der Waals surface area contributed by atoms with Gasteiger partial charge in [-0.1, -0.05) is 36.4 Å². The molecule has 0 spiro atoms. The van der Waals surface area contributed by atoms with E-state index < -0.39 is 0 Å². The van der Waals surface area contributed by atoms with Crippen molar-refractivity contribution in [3.8, 4) is 0 Å². The Balaban J connectivity index is 1.63. The molecule has 0 aliphatic rings. The lowest BCUT2D eigenvalue weighted by atomic mass is 10.1. The smallest absolute Gasteiger partial charge is 0.227 e. The summed E-state index contributed by atoms with van der Waals surface area (Å²) in [5, 5.41) is 9.29. The second kappa shape index (κ2) is 12.6. The summed E-state index contributed by atoms with van der Waals surface area (Å²) in [4.78, 5) is 22.8. The molecule has 1 atom stereocenters. The second-order valence-electron chi connectivity index (χ2n) is 7.48. The third kappa shape index (κ3) is 8.61. The van der Waals surface area contributed by atoms with E-state index in [2.05, 4.69) is 69.1 Å². The molecule has 2 rings (SSSR count). The minimum atomic E-state index is -0.0783. The van der Waals surface area contributed by atoms with Crippen LogP contribution >= 0.6 is 0 Å². The third-order valence-corrected chi connectivity index (χ3v) is 4.93. The van der Waals surface area contributed by atoms with Crippen LogP contribution in [0.1, 0.15) is 30.9 Å². The maximum absolute atomic E-state index is 12.0. The Morgan fingerprint density at radius 1 is 1.13 bits per heavy atom. The number of hydrogen-bond donors (Lipinski definition) is 3. The van der Waals surface area contributed by atoms with Gasteiger partial charge in [-0.05, 0) is 44.5 Å². The molecule has 1 heterocycles. The van der Waals surface area contributed by atoms with Gasteiger partial charge in [-0.3, -0.25) is 14.7 Å². The molecule has 0 bridgehead atoms. The van der Waals surface area contributed by atoms with Crippen molar-refractivity contribution in [3.63, 3.8) is 0 Å². The number of rotatable bonds is 10. The van der Waals surface area contributed by atoms with Crippen molar-refractivity contribution in [2.24, 2.45) is 4.99 Å². The largest absolute Gasteiger partial charge is 0.356 e. The lowest BCUT2D eigenvalue weighted by Crippen LogP contribution is -2.41. The zero-order valence-electron chi connectivity index (χ0n) is 18.5. The zero-order chi connectivity index (χ0) is 21.8. The number of aliphatic imine (C=N–C) groups is 1. The van der Waals surface area contributed by atoms with Crippen LogP contribution in [0, 0.1) is 6.92 Å². The molecule has 0 aliphatic heterocycles. The zero-order valence-corrected chi connectivity index (χ0v) is 18.5. The molecule has 1 unspecified atom stereocenters. The Hall–Kier alpha value is -2.93. The molecule has 1 aromatic heterocycles. The summed E-state index contributed by atoms with van der Waals surface area (Å²) in [5.41, 5.74) is 2.38. The van der Waals surface area contributed by atoms with Crippen molar-refractivity contribution < 1.29 is 4.79 Å². The number of carbonyl (C=O) groups is 1. The highest BCUT2D eigenvalue weighted by atomic mass is 16.1. The van der Waals surface area contributed by atoms with Gasteiger partial charge in [0.15, 0.2) is 5.96 Å². The fourth-order valence-electron chi connectivity index (χ4n) is 2.91. The Bertz CT molecular complexity index is 791. The van der Waals surface area contributed by atoms with E-state index in [1.165, 1.54) is 5.56 Å². The third-order valence-electron chi connectivity index (χ3n) is 4.93. The van der Waals surface area contributed by atoms with Crippen LogP contribution in [0.2, 0.25) is 0 Å². The Morgan fingerprint density at radius 3 is 2.53 bits per heavy atom. The fraction of sp³-hybridized carbons (Fsp3) is 0.435. The summed E-state index contributed by atoms with van der Waals surface area (Å²) in [6.45, 7) is 6.42. The van der Waals surface area contributed by atoms with Gasteiger partial charge in [0.05, 0.1) is 0 Å². The van der Waals surface area contributed by atoms with Crippen LogP contribution in [0.4, 0.5) is 5.82 Å². The summed E-state index contributed by atoms with van der Waals surface area (Å²) < 4.78 is 0. The first-order valence-electron chi connectivity index (χ1n) is 10.4. The summed E-state index contributed by atoms with van der Waals surface area (Å²) in [5.74, 6) is 1.20. The van der Waals surface area contributed by atoms with E-state index >= 15 is 0 Å². The van der Waals surface area contributed by atoms with E-state index in [4.69, 9.17) is 0 Å². The fourth-order valence-corrected chi connectivity index (χ4v) is 2.91. The van der Waals surface area contributed by atoms with E-state index in [0.717, 1.165) is 25.1 Å². The first kappa shape index (κ1) is 23.3. The van der Waals surface area contributed by atoms with Crippen molar-refractivity contribution in [3.05, 3.63) is 59.8 Å². The van der Waals surface area contributed by atoms with Gasteiger partial charge < -0.3 is 16.0 Å². The van der Waals surface area contributed by atoms with Crippen LogP contribution in [0.25, 0.3) is 0 Å². The van der Waals surface area contributed by atoms with Crippen LogP contribution < -0.4 is 16.0 Å². The second-order valence-corrected chi connectivity index (χ2v) is 7.48. The molecule has 1 aromatic carbocycles. The predicted molar refractivity (Wildman–Crippen MR) is 124 cm³/mol. The lowest BCUT2D eigenvalue weighted by molar-refractivity contribution is -0.116. The number of nitrogens with zero attached hydrogens (tertiary/aromatic N) is 3. The first-order chi connectivity index (χ1) is 14.5. The van der Waals surface area contributed by atoms with E-state index in [-0.39, 0.29) is 5.91 Å². The highest BCUT2D eigenvalue weighted by Crippen LogP contribution is 2.08. The minimum Gasteiger partial charge on any atom is -0.356 e. The number of anilines is 1. The number of aryl methyl sites for hydroxylation is 1. The van der Waals surface area contributed by atoms with Crippen LogP contribution in [-0.2, 0) is 11.3 Å². The molecule has 30 heavy (non-hydrogen) atoms. The normalized spacial score (nSPS) is 12.5. The number of aromatic nitrogens is 1. The molecular weight excluding hydrogens is 376 g/mol. The molecule has 2 aromatic rings. The van der Waals surface area contributed by atoms with Crippen molar-refractivity contribution in [1.82, 2.24) is 20.5 Å². The molecule has 162 valence electrons. The first-order valence-corrected chi connectivity index (χ1v) is 10.4. The molecule has 0 fully saturated rings. The summed E-state index contributed by atoms with van der Waals surface area (Å²) in [7, 11) is 3.88. The number of amides is 1. The minimum absolute atomic E-state index is 0.0783. The topological polar surface area (TPSA) is 81.6 Å². The summed E-state index contributed by atoms with van der Waals surface area (Å²) in [6.07, 6.45) is 3.06. The molecular formula is C23H34N6O. The molecule has 0 aliphatic carbocycles. The number of nitrogens with one attached hydrogen (secondary N) is 3. The number of benzene rings is 1. The van der Waals surface area contributed by atoms with Crippen molar-refractivity contribution in [2.45, 2.75) is 39.3 Å². The van der Waals surface area contributed by atoms with Gasteiger partial charge in [-0.15, -0.1) is 0 Å². The lowest BCUT2D eigenvalue weighted by Gasteiger charge is -2.25. The van der Waals surface area contributed by atoms with Crippen molar-refractivity contribution in [1.29, 1.82) is 0 Å². The maximum atomic E-state index is 12.0. The SMILES string of the molecule is CN=C(NCCC(=O)Nc1ccc(C)cn1)NCCC(C)N(C)Cc1ccccc1. The standard InChI is InChI=1S/C23H34N6O/c1-18-10-11-21(27-16-18)28-22(30)13-15-26-23(24-3)25-14-12-19(2)29(4)17-20-8-6-5-7-9-20/h5-11,16,19H,12-15,17H2,1-4H3,(H2,24,25,26)(H,27,28,30). The van der Waals surface area contributed by atoms with Crippen molar-refractivity contribution in [2.75, 3.05) is 32.5 Å². The summed E-state index contributed by atoms with van der Waals surface area (Å²) in [6, 6.07) is 14.6. The molecule has 0 saturated carbocycles. The number of pyridine rings is 1. The molecule has 3 N–H and O–H groups in total. The highest BCUT2D eigenvalue weighted by molar-refractivity contribution is 5.90. The van der Waals surface area contributed by atoms with E-state index in [0.29, 0.717) is 30.8 Å². The molecule has 0 saturated heterocycles. The van der Waals surface area contributed by atoms with Gasteiger partial charge >= 0.3 is 0 Å². The summed E-state index contributed by atoms with van der Waals surface area (Å²) >= 11 is 0. The predicted octanol–water partition coefficient (Wildman–Crippen LogP) is 2.79. The number of carbonyl (C=O) groups excluding carboxylic acids is 1. The average molecular weight is 411 g/mol. The van der Waals surface area contributed by atoms with Gasteiger partial charge in [-0.25, -0.2) is 4.98 Å². The average Bonchev–Trinajstić information content (AvgIpc) is 2.74. The van der Waals surface area contributed by atoms with E-state index in [1.807, 2.05) is 19.1 Å². The van der Waals surface area contributed by atoms with Gasteiger partial charge in [0, 0.05) is 45.3 Å². The van der Waals surface area contributed by atoms with E-state index in [1.54, 1.807) is 19.3 Å². The molecule has 7 nitrogen and oxygen atoms in total. The monoisotopic (exact) mass is 410 g/mol. The molecule has 0 radical (unpaired) electrons. The van der Waals surface area contributed by atoms with Gasteiger partial charge in [-0.2, -0.15) is 0 Å². The Morgan fingerprint density at radius 2 is 1.87 bits per heavy atom. The maximum Gasteiger partial charge on any atom is 0.227 e. The molecule has 1 amide bonds. The van der Waals surface area contributed by atoms with Crippen molar-refractivity contribution >= 4 is 17.7 Å². The Kier molecular flexibility index (Phi) is 9.80. The number of hydrogen-bond acceptors (Lipinski definition) is 4. The quantitative estimate of drug-likeness (QED) is 0.414. The number of guanidine groups is 1. The molecule has 7 heteroatoms. The van der Waals surface area contributed by atoms with Gasteiger partial charge in [0.1, 0.15) is 5.82 Å². The highest BCUT2D eigenvalue weighted by Gasteiger charge is 2.10.